The van der Waals surface area contributed by atoms with Crippen LogP contribution in [0.3, 0.4) is 0 Å². The summed E-state index contributed by atoms with van der Waals surface area (Å²) >= 11 is 0. The molecule has 16 N–H and O–H groups in total. The Kier molecular flexibility index (Phi) is 64.4. The maximum Gasteiger partial charge on any atom is 2.00 e. The number of nitrogens with zero attached hydrogens (tertiary/aromatic N) is 6. The quantitative estimate of drug-likeness (QED) is 0.0866. The van der Waals surface area contributed by atoms with E-state index >= 15 is 0 Å². The van der Waals surface area contributed by atoms with Gasteiger partial charge >= 0.3 is 109 Å². The summed E-state index contributed by atoms with van der Waals surface area (Å²) in [7, 11) is 0. The van der Waals surface area contributed by atoms with Crippen molar-refractivity contribution < 1.29 is 156 Å². The van der Waals surface area contributed by atoms with Crippen molar-refractivity contribution in [3.63, 3.8) is 0 Å². The molecule has 59 heavy (non-hydrogen) atoms. The van der Waals surface area contributed by atoms with Crippen molar-refractivity contribution in [2.24, 2.45) is 17.8 Å². The van der Waals surface area contributed by atoms with Crippen molar-refractivity contribution in [1.82, 2.24) is 9.80 Å². The minimum absolute atomic E-state index is 0. The largest absolute Gasteiger partial charge is 2.00 e. The molecule has 3 fully saturated rings. The number of allylic oxidation sites excluding steroid dienone is 2. The van der Waals surface area contributed by atoms with Crippen LogP contribution in [0.1, 0.15) is 38.5 Å². The topological polar surface area (TPSA) is 423 Å². The van der Waals surface area contributed by atoms with Crippen LogP contribution < -0.4 is 0 Å². The molecule has 0 bridgehead atoms. The fraction of sp³-hybridized carbons (Fsp3) is 0.750. The molecular weight excluding hydrogens is 1040 g/mol. The van der Waals surface area contributed by atoms with Crippen LogP contribution >= 0.6 is 0 Å². The standard InChI is InChI=1S/C10H18N2.C10H14N2.2C6H11NO6.5Cu.2H2N.2H2O/c2*1-5-11-6-2-9(1)10-3-7-12-8-4-10;2*8-4(9)1-7(2-5(10)11)3-6(12)13;;;;;;;;;/h9-10H,1-8H2;1-2,5,10H,3-4,6-8H2;2*4,8-9H,1-3H2,(H,10,11)(H,12,13);;;;;;4*1H2/q2*-2;;;2*+1;3*+2;2*-1;;. The zero-order valence-corrected chi connectivity index (χ0v) is 36.8. The minimum atomic E-state index is -1.74. The number of piperidine rings is 3. The van der Waals surface area contributed by atoms with Gasteiger partial charge in [-0.3, -0.25) is 29.0 Å². The van der Waals surface area contributed by atoms with Gasteiger partial charge in [0.15, 0.2) is 12.6 Å². The van der Waals surface area contributed by atoms with Crippen LogP contribution in [0.15, 0.2) is 23.9 Å². The van der Waals surface area contributed by atoms with E-state index in [1.165, 1.54) is 44.1 Å². The Morgan fingerprint density at radius 3 is 1.10 bits per heavy atom. The Morgan fingerprint density at radius 1 is 0.576 bits per heavy atom. The van der Waals surface area contributed by atoms with Crippen LogP contribution in [0, 0.1) is 17.8 Å². The van der Waals surface area contributed by atoms with Crippen molar-refractivity contribution in [3.8, 4) is 0 Å². The van der Waals surface area contributed by atoms with E-state index in [-0.39, 0.29) is 109 Å². The van der Waals surface area contributed by atoms with Gasteiger partial charge in [0.05, 0.1) is 39.3 Å². The van der Waals surface area contributed by atoms with Crippen LogP contribution in [0.4, 0.5) is 0 Å². The van der Waals surface area contributed by atoms with E-state index in [9.17, 15) is 19.2 Å². The van der Waals surface area contributed by atoms with E-state index in [4.69, 9.17) is 40.9 Å². The number of aliphatic hydroxyl groups is 4. The summed E-state index contributed by atoms with van der Waals surface area (Å²) in [6.45, 7) is 4.51. The molecule has 22 nitrogen and oxygen atoms in total. The van der Waals surface area contributed by atoms with Gasteiger partial charge in [0.2, 0.25) is 0 Å². The molecule has 0 unspecified atom stereocenters. The SMILES string of the molecule is C1=CC(C2CC[N-]CC2)=CC[N-]1.C1CC(C2CC[N-]CC2)CC[N-]1.O.O.O=C(O)CN(CC(=O)O)CC(O)O.O=C(O)CN(CC(=O)O)CC(O)O.[Cu+2].[Cu+2].[Cu+2].[Cu+].[Cu+].[NH2-].[NH2-]. The maximum absolute atomic E-state index is 10.2. The molecule has 0 amide bonds. The van der Waals surface area contributed by atoms with E-state index in [1.807, 2.05) is 6.20 Å². The zero-order chi connectivity index (χ0) is 37.3. The average Bonchev–Trinajstić information content (AvgIpc) is 3.05. The summed E-state index contributed by atoms with van der Waals surface area (Å²) in [5.41, 5.74) is 1.49. The molecule has 0 aromatic rings. The van der Waals surface area contributed by atoms with E-state index in [0.717, 1.165) is 73.4 Å². The number of hydrogen-bond acceptors (Lipinski definition) is 10. The van der Waals surface area contributed by atoms with Gasteiger partial charge in [0.25, 0.3) is 0 Å². The molecule has 4 aliphatic rings. The van der Waals surface area contributed by atoms with E-state index in [0.29, 0.717) is 0 Å². The number of rotatable bonds is 14. The van der Waals surface area contributed by atoms with Crippen LogP contribution in [-0.4, -0.2) is 183 Å². The van der Waals surface area contributed by atoms with Crippen molar-refractivity contribution in [3.05, 3.63) is 57.5 Å². The first-order chi connectivity index (χ1) is 23.8. The van der Waals surface area contributed by atoms with Crippen LogP contribution in [0.2, 0.25) is 0 Å². The Hall–Kier alpha value is -0.763. The first kappa shape index (κ1) is 78.7. The second-order valence-corrected chi connectivity index (χ2v) is 12.2. The number of nitrogens with two attached hydrogens (primary N) is 2. The zero-order valence-electron chi connectivity index (χ0n) is 32.1. The number of hydrogen-bond donors (Lipinski definition) is 8. The van der Waals surface area contributed by atoms with Gasteiger partial charge in [-0.1, -0.05) is 56.3 Å². The van der Waals surface area contributed by atoms with Crippen molar-refractivity contribution >= 4 is 23.9 Å². The van der Waals surface area contributed by atoms with Gasteiger partial charge in [-0.05, 0) is 17.8 Å². The van der Waals surface area contributed by atoms with Crippen molar-refractivity contribution in [2.75, 3.05) is 85.1 Å². The molecule has 0 aromatic heterocycles. The second-order valence-electron chi connectivity index (χ2n) is 12.2. The molecule has 0 atom stereocenters. The smallest absolute Gasteiger partial charge is 0.693 e. The monoisotopic (exact) mass is 1100 g/mol. The van der Waals surface area contributed by atoms with E-state index in [2.05, 4.69) is 33.4 Å². The Balaban J connectivity index is -0.0000000768. The fourth-order valence-corrected chi connectivity index (χ4v) is 5.89. The number of carboxylic acid groups (broad SMARTS) is 4. The number of carboxylic acids is 4. The molecule has 4 aliphatic heterocycles. The summed E-state index contributed by atoms with van der Waals surface area (Å²) in [6, 6.07) is 0. The summed E-state index contributed by atoms with van der Waals surface area (Å²) in [6.07, 6.45) is 10.7. The first-order valence-corrected chi connectivity index (χ1v) is 16.7. The van der Waals surface area contributed by atoms with E-state index in [1.54, 1.807) is 0 Å². The van der Waals surface area contributed by atoms with Crippen LogP contribution in [-0.2, 0) is 105 Å². The molecule has 0 aromatic carbocycles. The molecule has 3 radical (unpaired) electrons. The Bertz CT molecular complexity index is 987. The minimum Gasteiger partial charge on any atom is -0.693 e. The third-order valence-corrected chi connectivity index (χ3v) is 8.12. The molecule has 3 saturated heterocycles. The van der Waals surface area contributed by atoms with Gasteiger partial charge in [-0.2, -0.15) is 6.20 Å². The van der Waals surface area contributed by atoms with E-state index < -0.39 is 75.7 Å². The summed E-state index contributed by atoms with van der Waals surface area (Å²) < 4.78 is 0. The second kappa shape index (κ2) is 48.3. The maximum atomic E-state index is 10.2. The normalized spacial score (nSPS) is 15.7. The summed E-state index contributed by atoms with van der Waals surface area (Å²) in [4.78, 5) is 42.5. The van der Waals surface area contributed by atoms with Gasteiger partial charge in [-0.15, -0.1) is 45.8 Å². The molecular formula is C32H62Cu5N8O14+2. The fourth-order valence-electron chi connectivity index (χ4n) is 5.89. The summed E-state index contributed by atoms with van der Waals surface area (Å²) in [5.74, 6) is -2.15. The third-order valence-electron chi connectivity index (χ3n) is 8.12. The molecule has 0 spiro atoms. The summed E-state index contributed by atoms with van der Waals surface area (Å²) in [5, 5.41) is 84.4. The third kappa shape index (κ3) is 43.7. The predicted molar refractivity (Wildman–Crippen MR) is 201 cm³/mol. The van der Waals surface area contributed by atoms with Gasteiger partial charge in [0, 0.05) is 0 Å². The van der Waals surface area contributed by atoms with Gasteiger partial charge in [-0.25, -0.2) is 0 Å². The first-order valence-electron chi connectivity index (χ1n) is 16.7. The van der Waals surface area contributed by atoms with Gasteiger partial charge in [0.1, 0.15) is 0 Å². The predicted octanol–water partition coefficient (Wildman–Crippen LogP) is 0.460. The number of carbonyl (C=O) groups is 4. The molecule has 0 saturated carbocycles. The Labute approximate surface area is 399 Å². The molecule has 367 valence electrons. The number of aliphatic hydroxyl groups excluding tert-OH is 2. The number of aliphatic carboxylic acids is 4. The molecule has 27 heteroatoms. The van der Waals surface area contributed by atoms with Crippen LogP contribution in [0.5, 0.6) is 0 Å². The van der Waals surface area contributed by atoms with Gasteiger partial charge < -0.3 is 85.4 Å². The van der Waals surface area contributed by atoms with Crippen LogP contribution in [0.25, 0.3) is 33.6 Å². The molecule has 4 rings (SSSR count). The average molecular weight is 1100 g/mol. The van der Waals surface area contributed by atoms with Crippen molar-refractivity contribution in [1.29, 1.82) is 0 Å². The molecule has 4 heterocycles. The Morgan fingerprint density at radius 2 is 0.864 bits per heavy atom. The van der Waals surface area contributed by atoms with Crippen molar-refractivity contribution in [2.45, 2.75) is 51.1 Å². The molecule has 0 aliphatic carbocycles.